The summed E-state index contributed by atoms with van der Waals surface area (Å²) < 4.78 is 55.2. The molecule has 1 amide bonds. The molecule has 0 saturated heterocycles. The number of aromatic nitrogens is 1. The number of rotatable bonds is 16. The third-order valence-corrected chi connectivity index (χ3v) is 10.3. The van der Waals surface area contributed by atoms with E-state index in [0.717, 1.165) is 32.1 Å². The molecular weight excluding hydrogens is 666 g/mol. The van der Waals surface area contributed by atoms with Gasteiger partial charge in [-0.1, -0.05) is 12.1 Å². The molecule has 0 saturated carbocycles. The van der Waals surface area contributed by atoms with Crippen LogP contribution in [0.1, 0.15) is 33.8 Å². The number of H-pyrrole nitrogens is 1. The number of methoxy groups -OCH3 is 3. The van der Waals surface area contributed by atoms with E-state index in [1.807, 2.05) is 24.4 Å². The maximum absolute atomic E-state index is 13.4. The number of amides is 1. The van der Waals surface area contributed by atoms with Crippen molar-refractivity contribution in [2.75, 3.05) is 54.2 Å². The van der Waals surface area contributed by atoms with E-state index in [2.05, 4.69) is 10.3 Å². The van der Waals surface area contributed by atoms with Crippen LogP contribution in [0.4, 0.5) is 0 Å². The standard InChI is InChI=1S/C36H41N3O10S/c1-45-28-8-11-30(12-9-28)50(43,44)39(16-18-40)17-19-48-34-21-27(24-4-6-25(7-5-24)36(42)47-3)20-33(49-34)35(41)37-15-14-26-23-38-32-13-10-29(46-2)22-31(26)32/h4-13,20,22-23,27,34,38,40H,14-19,21H2,1-3H3,(H,37,41)/t27-,34+/m0/s1. The number of nitrogens with one attached hydrogen (secondary N) is 2. The van der Waals surface area contributed by atoms with Crippen molar-refractivity contribution in [2.24, 2.45) is 0 Å². The Kier molecular flexibility index (Phi) is 12.1. The monoisotopic (exact) mass is 707 g/mol. The zero-order chi connectivity index (χ0) is 35.7. The normalized spacial score (nSPS) is 16.1. The second-order valence-corrected chi connectivity index (χ2v) is 13.4. The van der Waals surface area contributed by atoms with Crippen molar-refractivity contribution in [1.29, 1.82) is 0 Å². The number of aliphatic hydroxyl groups is 1. The summed E-state index contributed by atoms with van der Waals surface area (Å²) in [6.07, 6.45) is 3.58. The molecule has 1 aromatic heterocycles. The number of fused-ring (bicyclic) bond motifs is 1. The van der Waals surface area contributed by atoms with Gasteiger partial charge in [0.05, 0.1) is 45.0 Å². The number of esters is 1. The quantitative estimate of drug-likeness (QED) is 0.146. The van der Waals surface area contributed by atoms with Crippen molar-refractivity contribution in [3.8, 4) is 11.5 Å². The summed E-state index contributed by atoms with van der Waals surface area (Å²) in [5.41, 5.74) is 3.17. The molecule has 13 nitrogen and oxygen atoms in total. The summed E-state index contributed by atoms with van der Waals surface area (Å²) >= 11 is 0. The number of carbonyl (C=O) groups is 2. The number of allylic oxidation sites excluding steroid dienone is 1. The Hall–Kier alpha value is -4.89. The molecule has 1 aliphatic rings. The Morgan fingerprint density at radius 3 is 2.38 bits per heavy atom. The van der Waals surface area contributed by atoms with E-state index in [1.54, 1.807) is 49.6 Å². The molecular formula is C36H41N3O10S. The first-order chi connectivity index (χ1) is 24.2. The molecule has 4 aromatic rings. The number of aromatic amines is 1. The topological polar surface area (TPSA) is 166 Å². The minimum atomic E-state index is -3.95. The van der Waals surface area contributed by atoms with Crippen molar-refractivity contribution in [3.05, 3.63) is 101 Å². The highest BCUT2D eigenvalue weighted by Gasteiger charge is 2.30. The van der Waals surface area contributed by atoms with Crippen molar-refractivity contribution in [2.45, 2.75) is 29.9 Å². The summed E-state index contributed by atoms with van der Waals surface area (Å²) in [5, 5.41) is 13.6. The van der Waals surface area contributed by atoms with Crippen LogP contribution in [-0.2, 0) is 35.4 Å². The van der Waals surface area contributed by atoms with Gasteiger partial charge in [-0.25, -0.2) is 13.2 Å². The van der Waals surface area contributed by atoms with Crippen LogP contribution < -0.4 is 14.8 Å². The predicted octanol–water partition coefficient (Wildman–Crippen LogP) is 3.74. The van der Waals surface area contributed by atoms with E-state index < -0.39 is 34.8 Å². The molecule has 0 unspecified atom stereocenters. The highest BCUT2D eigenvalue weighted by Crippen LogP contribution is 2.32. The van der Waals surface area contributed by atoms with Gasteiger partial charge in [-0.3, -0.25) is 4.79 Å². The van der Waals surface area contributed by atoms with Crippen LogP contribution in [0.3, 0.4) is 0 Å². The molecule has 0 bridgehead atoms. The zero-order valence-electron chi connectivity index (χ0n) is 28.1. The van der Waals surface area contributed by atoms with Gasteiger partial charge in [0.15, 0.2) is 5.76 Å². The maximum atomic E-state index is 13.4. The highest BCUT2D eigenvalue weighted by atomic mass is 32.2. The van der Waals surface area contributed by atoms with Crippen LogP contribution in [0.2, 0.25) is 0 Å². The lowest BCUT2D eigenvalue weighted by Crippen LogP contribution is -2.38. The van der Waals surface area contributed by atoms with Gasteiger partial charge in [-0.15, -0.1) is 0 Å². The highest BCUT2D eigenvalue weighted by molar-refractivity contribution is 7.89. The Morgan fingerprint density at radius 1 is 0.980 bits per heavy atom. The molecule has 50 heavy (non-hydrogen) atoms. The summed E-state index contributed by atoms with van der Waals surface area (Å²) in [7, 11) is 0.452. The lowest BCUT2D eigenvalue weighted by atomic mass is 9.92. The zero-order valence-corrected chi connectivity index (χ0v) is 28.9. The van der Waals surface area contributed by atoms with Crippen LogP contribution in [0.5, 0.6) is 11.5 Å². The van der Waals surface area contributed by atoms with E-state index in [0.29, 0.717) is 30.7 Å². The van der Waals surface area contributed by atoms with Gasteiger partial charge in [-0.05, 0) is 78.2 Å². The molecule has 266 valence electrons. The van der Waals surface area contributed by atoms with E-state index in [1.165, 1.54) is 26.4 Å². The van der Waals surface area contributed by atoms with Gasteiger partial charge in [-0.2, -0.15) is 4.31 Å². The van der Waals surface area contributed by atoms with Crippen LogP contribution in [0, 0.1) is 0 Å². The van der Waals surface area contributed by atoms with Crippen molar-refractivity contribution in [1.82, 2.24) is 14.6 Å². The molecule has 0 spiro atoms. The molecule has 0 radical (unpaired) electrons. The Morgan fingerprint density at radius 2 is 1.70 bits per heavy atom. The summed E-state index contributed by atoms with van der Waals surface area (Å²) in [6.45, 7) is -0.360. The number of benzene rings is 3. The van der Waals surface area contributed by atoms with Crippen LogP contribution in [-0.4, -0.2) is 95.2 Å². The SMILES string of the molecule is COC(=O)c1ccc([C@H]2C=C(C(=O)NCCc3c[nH]c4ccc(OC)cc34)O[C@@H](OCCN(CCO)S(=O)(=O)c3ccc(OC)cc3)C2)cc1. The summed E-state index contributed by atoms with van der Waals surface area (Å²) in [6, 6.07) is 18.6. The van der Waals surface area contributed by atoms with Crippen LogP contribution in [0.25, 0.3) is 10.9 Å². The predicted molar refractivity (Wildman–Crippen MR) is 184 cm³/mol. The number of carbonyl (C=O) groups excluding carboxylic acids is 2. The molecule has 5 rings (SSSR count). The fourth-order valence-corrected chi connectivity index (χ4v) is 7.09. The lowest BCUT2D eigenvalue weighted by molar-refractivity contribution is -0.146. The smallest absolute Gasteiger partial charge is 0.337 e. The van der Waals surface area contributed by atoms with Crippen LogP contribution >= 0.6 is 0 Å². The number of sulfonamides is 1. The number of ether oxygens (including phenoxy) is 5. The molecule has 0 fully saturated rings. The van der Waals surface area contributed by atoms with Gasteiger partial charge in [0.1, 0.15) is 11.5 Å². The van der Waals surface area contributed by atoms with Crippen molar-refractivity contribution in [3.63, 3.8) is 0 Å². The molecule has 1 aliphatic heterocycles. The minimum Gasteiger partial charge on any atom is -0.497 e. The first kappa shape index (κ1) is 36.4. The second kappa shape index (κ2) is 16.7. The lowest BCUT2D eigenvalue weighted by Gasteiger charge is -2.30. The first-order valence-electron chi connectivity index (χ1n) is 16.0. The van der Waals surface area contributed by atoms with Crippen molar-refractivity contribution < 1.29 is 46.8 Å². The first-order valence-corrected chi connectivity index (χ1v) is 17.5. The third kappa shape index (κ3) is 8.63. The second-order valence-electron chi connectivity index (χ2n) is 11.4. The summed E-state index contributed by atoms with van der Waals surface area (Å²) in [5.74, 6) is 0.0804. The van der Waals surface area contributed by atoms with Gasteiger partial charge in [0.2, 0.25) is 16.3 Å². The maximum Gasteiger partial charge on any atom is 0.337 e. The molecule has 0 aliphatic carbocycles. The van der Waals surface area contributed by atoms with Gasteiger partial charge in [0.25, 0.3) is 5.91 Å². The molecule has 14 heteroatoms. The summed E-state index contributed by atoms with van der Waals surface area (Å²) in [4.78, 5) is 28.7. The third-order valence-electron chi connectivity index (χ3n) is 8.39. The molecule has 2 heterocycles. The Bertz CT molecular complexity index is 1910. The molecule has 3 aromatic carbocycles. The van der Waals surface area contributed by atoms with E-state index in [9.17, 15) is 23.1 Å². The van der Waals surface area contributed by atoms with Gasteiger partial charge in [0, 0.05) is 49.1 Å². The van der Waals surface area contributed by atoms with Crippen LogP contribution in [0.15, 0.2) is 89.7 Å². The number of hydrogen-bond acceptors (Lipinski definition) is 10. The van der Waals surface area contributed by atoms with Gasteiger partial charge >= 0.3 is 5.97 Å². The molecule has 2 atom stereocenters. The Balaban J connectivity index is 1.28. The van der Waals surface area contributed by atoms with Gasteiger partial charge < -0.3 is 39.1 Å². The fraction of sp³-hybridized carbons (Fsp3) is 0.333. The van der Waals surface area contributed by atoms with Crippen molar-refractivity contribution >= 4 is 32.8 Å². The molecule has 3 N–H and O–H groups in total. The average molecular weight is 708 g/mol. The van der Waals surface area contributed by atoms with E-state index in [-0.39, 0.29) is 36.3 Å². The largest absolute Gasteiger partial charge is 0.497 e. The van der Waals surface area contributed by atoms with E-state index in [4.69, 9.17) is 23.7 Å². The van der Waals surface area contributed by atoms with E-state index >= 15 is 0 Å². The average Bonchev–Trinajstić information content (AvgIpc) is 3.55. The number of hydrogen-bond donors (Lipinski definition) is 3. The Labute approximate surface area is 290 Å². The number of aliphatic hydroxyl groups excluding tert-OH is 1. The fourth-order valence-electron chi connectivity index (χ4n) is 5.67. The minimum absolute atomic E-state index is 0.0461. The number of nitrogens with zero attached hydrogens (tertiary/aromatic N) is 1.